The van der Waals surface area contributed by atoms with Crippen LogP contribution in [0.3, 0.4) is 0 Å². The summed E-state index contributed by atoms with van der Waals surface area (Å²) in [5.74, 6) is -0.216. The third-order valence-corrected chi connectivity index (χ3v) is 5.98. The van der Waals surface area contributed by atoms with Crippen molar-refractivity contribution >= 4 is 26.0 Å². The Bertz CT molecular complexity index is 535. The van der Waals surface area contributed by atoms with Crippen molar-refractivity contribution < 1.29 is 12.8 Å². The Morgan fingerprint density at radius 1 is 1.50 bits per heavy atom. The van der Waals surface area contributed by atoms with Gasteiger partial charge < -0.3 is 0 Å². The second kappa shape index (κ2) is 5.27. The van der Waals surface area contributed by atoms with Gasteiger partial charge in [0.05, 0.1) is 4.90 Å². The minimum Gasteiger partial charge on any atom is -0.207 e. The molecule has 1 aliphatic heterocycles. The standard InChI is InChI=1S/C12H15BrFNO2S/c1-9-5-6-15(12(9)8-13)18(16,17)11-4-2-3-10(14)7-11/h2-4,7,9,12H,5-6,8H2,1H3. The number of sulfonamides is 1. The van der Waals surface area contributed by atoms with Crippen molar-refractivity contribution in [1.29, 1.82) is 0 Å². The van der Waals surface area contributed by atoms with Crippen molar-refractivity contribution in [2.24, 2.45) is 5.92 Å². The van der Waals surface area contributed by atoms with Gasteiger partial charge in [0, 0.05) is 17.9 Å². The average Bonchev–Trinajstić information content (AvgIpc) is 2.71. The van der Waals surface area contributed by atoms with E-state index in [0.717, 1.165) is 12.5 Å². The van der Waals surface area contributed by atoms with Gasteiger partial charge >= 0.3 is 0 Å². The van der Waals surface area contributed by atoms with Crippen molar-refractivity contribution in [3.8, 4) is 0 Å². The first-order chi connectivity index (χ1) is 8.46. The first kappa shape index (κ1) is 14.0. The van der Waals surface area contributed by atoms with Gasteiger partial charge in [-0.25, -0.2) is 12.8 Å². The van der Waals surface area contributed by atoms with Crippen molar-refractivity contribution in [3.05, 3.63) is 30.1 Å². The molecule has 0 amide bonds. The molecule has 18 heavy (non-hydrogen) atoms. The zero-order valence-electron chi connectivity index (χ0n) is 10.0. The number of hydrogen-bond donors (Lipinski definition) is 0. The maximum absolute atomic E-state index is 13.1. The van der Waals surface area contributed by atoms with Gasteiger partial charge in [0.1, 0.15) is 5.82 Å². The van der Waals surface area contributed by atoms with E-state index in [2.05, 4.69) is 15.9 Å². The molecule has 6 heteroatoms. The maximum atomic E-state index is 13.1. The van der Waals surface area contributed by atoms with Gasteiger partial charge in [0.25, 0.3) is 0 Å². The summed E-state index contributed by atoms with van der Waals surface area (Å²) in [6.45, 7) is 2.53. The number of halogens is 2. The SMILES string of the molecule is CC1CCN(S(=O)(=O)c2cccc(F)c2)C1CBr. The van der Waals surface area contributed by atoms with Crippen LogP contribution in [0.15, 0.2) is 29.2 Å². The fraction of sp³-hybridized carbons (Fsp3) is 0.500. The Morgan fingerprint density at radius 3 is 2.83 bits per heavy atom. The Labute approximate surface area is 115 Å². The second-order valence-electron chi connectivity index (χ2n) is 4.56. The zero-order valence-corrected chi connectivity index (χ0v) is 12.4. The molecule has 1 heterocycles. The summed E-state index contributed by atoms with van der Waals surface area (Å²) < 4.78 is 39.5. The predicted molar refractivity (Wildman–Crippen MR) is 71.7 cm³/mol. The lowest BCUT2D eigenvalue weighted by molar-refractivity contribution is 0.378. The summed E-state index contributed by atoms with van der Waals surface area (Å²) in [6, 6.07) is 5.12. The fourth-order valence-electron chi connectivity index (χ4n) is 2.26. The highest BCUT2D eigenvalue weighted by atomic mass is 79.9. The molecule has 1 aliphatic rings. The molecule has 2 unspecified atom stereocenters. The summed E-state index contributed by atoms with van der Waals surface area (Å²) >= 11 is 3.36. The van der Waals surface area contributed by atoms with Crippen LogP contribution in [0.4, 0.5) is 4.39 Å². The average molecular weight is 336 g/mol. The first-order valence-corrected chi connectivity index (χ1v) is 8.36. The van der Waals surface area contributed by atoms with E-state index in [4.69, 9.17) is 0 Å². The molecule has 3 nitrogen and oxygen atoms in total. The van der Waals surface area contributed by atoms with Crippen LogP contribution >= 0.6 is 15.9 Å². The van der Waals surface area contributed by atoms with Crippen molar-refractivity contribution in [2.45, 2.75) is 24.3 Å². The second-order valence-corrected chi connectivity index (χ2v) is 7.10. The Hall–Kier alpha value is -0.460. The third-order valence-electron chi connectivity index (χ3n) is 3.39. The van der Waals surface area contributed by atoms with Gasteiger partial charge in [-0.3, -0.25) is 0 Å². The highest BCUT2D eigenvalue weighted by molar-refractivity contribution is 9.09. The number of alkyl halides is 1. The highest BCUT2D eigenvalue weighted by Gasteiger charge is 2.38. The van der Waals surface area contributed by atoms with Crippen LogP contribution in [0.5, 0.6) is 0 Å². The first-order valence-electron chi connectivity index (χ1n) is 5.80. The molecule has 0 saturated carbocycles. The molecule has 100 valence electrons. The Morgan fingerprint density at radius 2 is 2.22 bits per heavy atom. The summed E-state index contributed by atoms with van der Waals surface area (Å²) in [5.41, 5.74) is 0. The Kier molecular flexibility index (Phi) is 4.08. The number of benzene rings is 1. The third kappa shape index (κ3) is 2.46. The van der Waals surface area contributed by atoms with Gasteiger partial charge in [-0.2, -0.15) is 4.31 Å². The lowest BCUT2D eigenvalue weighted by Crippen LogP contribution is -2.38. The molecule has 2 rings (SSSR count). The quantitative estimate of drug-likeness (QED) is 0.796. The molecular formula is C12H15BrFNO2S. The van der Waals surface area contributed by atoms with E-state index in [1.165, 1.54) is 22.5 Å². The van der Waals surface area contributed by atoms with Crippen LogP contribution in [0, 0.1) is 11.7 Å². The summed E-state index contributed by atoms with van der Waals surface area (Å²) in [6.07, 6.45) is 0.838. The van der Waals surface area contributed by atoms with Crippen molar-refractivity contribution in [1.82, 2.24) is 4.31 Å². The zero-order chi connectivity index (χ0) is 13.3. The van der Waals surface area contributed by atoms with Crippen molar-refractivity contribution in [3.63, 3.8) is 0 Å². The molecule has 0 N–H and O–H groups in total. The molecule has 1 saturated heterocycles. The lowest BCUT2D eigenvalue weighted by atomic mass is 10.1. The van der Waals surface area contributed by atoms with E-state index in [1.54, 1.807) is 0 Å². The molecule has 1 fully saturated rings. The minimum atomic E-state index is -3.59. The lowest BCUT2D eigenvalue weighted by Gasteiger charge is -2.24. The van der Waals surface area contributed by atoms with Gasteiger partial charge in [0.2, 0.25) is 10.0 Å². The van der Waals surface area contributed by atoms with E-state index in [1.807, 2.05) is 6.92 Å². The topological polar surface area (TPSA) is 37.4 Å². The van der Waals surface area contributed by atoms with Gasteiger partial charge in [-0.15, -0.1) is 0 Å². The van der Waals surface area contributed by atoms with E-state index < -0.39 is 15.8 Å². The normalized spacial score (nSPS) is 25.5. The minimum absolute atomic E-state index is 0.0301. The van der Waals surface area contributed by atoms with E-state index in [9.17, 15) is 12.8 Å². The molecule has 0 radical (unpaired) electrons. The number of rotatable bonds is 3. The van der Waals surface area contributed by atoms with Crippen LogP contribution in [-0.2, 0) is 10.0 Å². The van der Waals surface area contributed by atoms with E-state index in [-0.39, 0.29) is 10.9 Å². The van der Waals surface area contributed by atoms with Gasteiger partial charge in [0.15, 0.2) is 0 Å². The van der Waals surface area contributed by atoms with Crippen LogP contribution < -0.4 is 0 Å². The van der Waals surface area contributed by atoms with Gasteiger partial charge in [-0.1, -0.05) is 28.9 Å². The molecular weight excluding hydrogens is 321 g/mol. The Balaban J connectivity index is 2.37. The molecule has 0 aromatic heterocycles. The molecule has 2 atom stereocenters. The predicted octanol–water partition coefficient (Wildman–Crippen LogP) is 2.62. The molecule has 0 bridgehead atoms. The van der Waals surface area contributed by atoms with Crippen molar-refractivity contribution in [2.75, 3.05) is 11.9 Å². The largest absolute Gasteiger partial charge is 0.243 e. The van der Waals surface area contributed by atoms with Crippen LogP contribution in [0.25, 0.3) is 0 Å². The van der Waals surface area contributed by atoms with Crippen LogP contribution in [0.1, 0.15) is 13.3 Å². The van der Waals surface area contributed by atoms with E-state index >= 15 is 0 Å². The van der Waals surface area contributed by atoms with Gasteiger partial charge in [-0.05, 0) is 30.5 Å². The smallest absolute Gasteiger partial charge is 0.207 e. The highest BCUT2D eigenvalue weighted by Crippen LogP contribution is 2.31. The summed E-state index contributed by atoms with van der Waals surface area (Å²) in [7, 11) is -3.59. The number of hydrogen-bond acceptors (Lipinski definition) is 2. The fourth-order valence-corrected chi connectivity index (χ4v) is 5.21. The summed E-state index contributed by atoms with van der Waals surface area (Å²) in [5, 5.41) is 0.600. The maximum Gasteiger partial charge on any atom is 0.243 e. The number of nitrogens with zero attached hydrogens (tertiary/aromatic N) is 1. The summed E-state index contributed by atoms with van der Waals surface area (Å²) in [4.78, 5) is 0.0301. The molecule has 1 aromatic rings. The monoisotopic (exact) mass is 335 g/mol. The molecule has 0 spiro atoms. The molecule has 1 aromatic carbocycles. The van der Waals surface area contributed by atoms with Crippen LogP contribution in [0.2, 0.25) is 0 Å². The van der Waals surface area contributed by atoms with Crippen LogP contribution in [-0.4, -0.2) is 30.6 Å². The molecule has 0 aliphatic carbocycles. The van der Waals surface area contributed by atoms with E-state index in [0.29, 0.717) is 17.8 Å².